The summed E-state index contributed by atoms with van der Waals surface area (Å²) in [6, 6.07) is 0. The number of aromatic amines is 1. The van der Waals surface area contributed by atoms with Crippen LogP contribution in [-0.2, 0) is 41.4 Å². The van der Waals surface area contributed by atoms with Gasteiger partial charge in [0.1, 0.15) is 48.0 Å². The average molecular weight is 686 g/mol. The fourth-order valence-corrected chi connectivity index (χ4v) is 7.95. The summed E-state index contributed by atoms with van der Waals surface area (Å²) in [6.45, 7) is -1.82. The van der Waals surface area contributed by atoms with Gasteiger partial charge >= 0.3 is 15.6 Å². The lowest BCUT2D eigenvalue weighted by Crippen LogP contribution is -2.45. The molecule has 0 aliphatic carbocycles. The fourth-order valence-electron chi connectivity index (χ4n) is 5.97. The van der Waals surface area contributed by atoms with Crippen LogP contribution in [0.2, 0.25) is 0 Å². The van der Waals surface area contributed by atoms with E-state index in [1.54, 1.807) is 0 Å². The molecule has 25 heteroatoms. The van der Waals surface area contributed by atoms with Crippen molar-refractivity contribution in [2.45, 2.75) is 48.6 Å². The van der Waals surface area contributed by atoms with Crippen LogP contribution in [0.15, 0.2) is 23.8 Å². The highest BCUT2D eigenvalue weighted by Crippen LogP contribution is 2.58. The van der Waals surface area contributed by atoms with Gasteiger partial charge in [-0.3, -0.25) is 37.0 Å². The minimum Gasteiger partial charge on any atom is -0.387 e. The zero-order valence-corrected chi connectivity index (χ0v) is 24.8. The molecule has 4 aliphatic heterocycles. The molecule has 0 amide bonds. The summed E-state index contributed by atoms with van der Waals surface area (Å²) in [5.41, 5.74) is 9.37. The molecule has 8 N–H and O–H groups in total. The van der Waals surface area contributed by atoms with Crippen molar-refractivity contribution in [3.05, 3.63) is 29.3 Å². The van der Waals surface area contributed by atoms with E-state index in [0.29, 0.717) is 0 Å². The number of ether oxygens (including phenoxy) is 3. The molecule has 23 nitrogen and oxygen atoms in total. The molecule has 0 saturated carbocycles. The van der Waals surface area contributed by atoms with Crippen molar-refractivity contribution in [1.29, 1.82) is 0 Å². The van der Waals surface area contributed by atoms with E-state index < -0.39 is 83.0 Å². The maximum Gasteiger partial charge on any atom is 0.472 e. The summed E-state index contributed by atoms with van der Waals surface area (Å²) in [7, 11) is -10.1. The van der Waals surface area contributed by atoms with Gasteiger partial charge in [0, 0.05) is 0 Å². The zero-order valence-electron chi connectivity index (χ0n) is 23.0. The molecule has 4 fully saturated rings. The van der Waals surface area contributed by atoms with Crippen LogP contribution in [0.1, 0.15) is 12.5 Å². The van der Waals surface area contributed by atoms with Crippen molar-refractivity contribution >= 4 is 49.7 Å². The molecule has 0 spiro atoms. The summed E-state index contributed by atoms with van der Waals surface area (Å²) in [5, 5.41) is 11.1. The topological polar surface area (TPSA) is 319 Å². The Kier molecular flexibility index (Phi) is 6.69. The average Bonchev–Trinajstić information content (AvgIpc) is 3.80. The smallest absolute Gasteiger partial charge is 0.387 e. The largest absolute Gasteiger partial charge is 0.472 e. The Bertz CT molecular complexity index is 2020. The van der Waals surface area contributed by atoms with Crippen LogP contribution in [0, 0.1) is 0 Å². The van der Waals surface area contributed by atoms with Crippen molar-refractivity contribution in [1.82, 2.24) is 39.0 Å². The van der Waals surface area contributed by atoms with Crippen LogP contribution >= 0.6 is 15.6 Å². The summed E-state index contributed by atoms with van der Waals surface area (Å²) >= 11 is 0. The van der Waals surface area contributed by atoms with Gasteiger partial charge in [0.05, 0.1) is 32.5 Å². The quantitative estimate of drug-likeness (QED) is 0.125. The van der Waals surface area contributed by atoms with Crippen molar-refractivity contribution in [2.75, 3.05) is 31.3 Å². The maximum atomic E-state index is 13.4. The monoisotopic (exact) mass is 686 g/mol. The summed E-state index contributed by atoms with van der Waals surface area (Å²) in [6.07, 6.45) is -6.26. The van der Waals surface area contributed by atoms with E-state index in [2.05, 4.69) is 29.9 Å². The molecule has 4 aromatic heterocycles. The van der Waals surface area contributed by atoms with Gasteiger partial charge in [0.2, 0.25) is 5.95 Å². The number of rotatable bonds is 2. The number of phosphoric ester groups is 2. The van der Waals surface area contributed by atoms with Crippen LogP contribution in [-0.4, -0.2) is 110 Å². The normalized spacial score (nSPS) is 39.7. The van der Waals surface area contributed by atoms with Gasteiger partial charge < -0.3 is 40.6 Å². The number of aliphatic hydroxyl groups excluding tert-OH is 1. The van der Waals surface area contributed by atoms with Gasteiger partial charge in [0.15, 0.2) is 35.1 Å². The van der Waals surface area contributed by atoms with Crippen LogP contribution < -0.4 is 17.0 Å². The predicted molar refractivity (Wildman–Crippen MR) is 146 cm³/mol. The molecule has 10 atom stereocenters. The molecular weight excluding hydrogens is 662 g/mol. The summed E-state index contributed by atoms with van der Waals surface area (Å²) in [5.74, 6) is -0.181. The predicted octanol–water partition coefficient (Wildman–Crippen LogP) is -1.93. The Hall–Kier alpha value is -3.44. The van der Waals surface area contributed by atoms with Gasteiger partial charge in [-0.2, -0.15) is 4.98 Å². The molecule has 0 aromatic carbocycles. The first-order chi connectivity index (χ1) is 21.8. The lowest BCUT2D eigenvalue weighted by Gasteiger charge is -2.32. The summed E-state index contributed by atoms with van der Waals surface area (Å²) < 4.78 is 68.7. The van der Waals surface area contributed by atoms with Crippen molar-refractivity contribution in [3.63, 3.8) is 0 Å². The first kappa shape index (κ1) is 29.9. The molecule has 8 heterocycles. The lowest BCUT2D eigenvalue weighted by molar-refractivity contribution is -0.184. The number of hydrogen-bond acceptors (Lipinski definition) is 18. The van der Waals surface area contributed by atoms with Crippen LogP contribution in [0.4, 0.5) is 11.8 Å². The second-order valence-corrected chi connectivity index (χ2v) is 13.7. The number of aliphatic hydroxyl groups is 1. The molecular formula is C21H24N10O13P2. The number of nitrogens with two attached hydrogens (primary N) is 2. The molecule has 4 bridgehead atoms. The first-order valence-corrected chi connectivity index (χ1v) is 16.4. The molecule has 0 radical (unpaired) electrons. The van der Waals surface area contributed by atoms with E-state index in [1.165, 1.54) is 17.2 Å². The highest BCUT2D eigenvalue weighted by atomic mass is 31.2. The number of nitrogens with one attached hydrogen (secondary N) is 1. The first-order valence-electron chi connectivity index (χ1n) is 13.4. The number of fused-ring (bicyclic) bond motifs is 4. The molecule has 246 valence electrons. The fraction of sp³-hybridized carbons (Fsp3) is 0.524. The number of phosphoric acid groups is 2. The third kappa shape index (κ3) is 4.67. The number of aromatic nitrogens is 8. The lowest BCUT2D eigenvalue weighted by atomic mass is 10.0. The van der Waals surface area contributed by atoms with Gasteiger partial charge in [-0.25, -0.2) is 29.1 Å². The zero-order chi connectivity index (χ0) is 32.2. The highest BCUT2D eigenvalue weighted by molar-refractivity contribution is 7.47. The summed E-state index contributed by atoms with van der Waals surface area (Å²) in [4.78, 5) is 56.5. The highest BCUT2D eigenvalue weighted by Gasteiger charge is 2.66. The Morgan fingerprint density at radius 1 is 0.935 bits per heavy atom. The van der Waals surface area contributed by atoms with Crippen molar-refractivity contribution in [2.24, 2.45) is 0 Å². The SMILES string of the molecule is Nc1nc2c(ncn2[C@@H]2O[C@@H]3COP(=O)(O)OC4[C@@H]5OC[C@]4(COP(=O)(O)O[C@H]2C3O)O[C@H]5n2cnc3c(N)ncnc32)c(=O)[nH]1. The third-order valence-electron chi connectivity index (χ3n) is 8.05. The van der Waals surface area contributed by atoms with Crippen molar-refractivity contribution in [3.8, 4) is 0 Å². The molecule has 4 aromatic rings. The maximum absolute atomic E-state index is 13.4. The molecule has 4 aliphatic rings. The number of imidazole rings is 2. The van der Waals surface area contributed by atoms with Crippen LogP contribution in [0.5, 0.6) is 0 Å². The number of H-pyrrole nitrogens is 1. The Morgan fingerprint density at radius 2 is 1.67 bits per heavy atom. The number of nitrogens with zero attached hydrogens (tertiary/aromatic N) is 7. The van der Waals surface area contributed by atoms with E-state index in [-0.39, 0.29) is 40.7 Å². The minimum atomic E-state index is -5.11. The third-order valence-corrected chi connectivity index (χ3v) is 9.98. The van der Waals surface area contributed by atoms with E-state index >= 15 is 0 Å². The van der Waals surface area contributed by atoms with E-state index in [0.717, 1.165) is 10.9 Å². The second kappa shape index (κ2) is 10.3. The van der Waals surface area contributed by atoms with E-state index in [1.807, 2.05) is 0 Å². The number of nitrogen functional groups attached to an aromatic ring is 2. The molecule has 4 unspecified atom stereocenters. The molecule has 8 rings (SSSR count). The standard InChI is InChI=1S/C21H24N10O13P2/c22-14-8-15(25-4-24-14)30(5-26-8)19-12-13-21(42-19,2-38-12)3-40-46(36,37)43-11-10(32)7(1-39-45(34,35)44-13)41-18(11)31-6-27-9-16(31)28-20(23)29-17(9)33/h4-7,10-13,18-19,32H,1-3H2,(H,34,35)(H,36,37)(H2,22,24,25)(H3,23,28,29,33)/t7-,10?,11+,12+,13?,18-,19-,21-/m1/s1. The Morgan fingerprint density at radius 3 is 2.48 bits per heavy atom. The van der Waals surface area contributed by atoms with Crippen LogP contribution in [0.3, 0.4) is 0 Å². The Labute approximate surface area is 254 Å². The van der Waals surface area contributed by atoms with Crippen molar-refractivity contribution < 1.29 is 56.3 Å². The second-order valence-electron chi connectivity index (χ2n) is 10.9. The van der Waals surface area contributed by atoms with E-state index in [4.69, 9.17) is 43.8 Å². The number of hydrogen-bond donors (Lipinski definition) is 6. The van der Waals surface area contributed by atoms with E-state index in [9.17, 15) is 28.8 Å². The molecule has 4 saturated heterocycles. The van der Waals surface area contributed by atoms with Crippen LogP contribution in [0.25, 0.3) is 22.3 Å². The Balaban J connectivity index is 1.14. The van der Waals surface area contributed by atoms with Gasteiger partial charge in [-0.1, -0.05) is 0 Å². The van der Waals surface area contributed by atoms with Gasteiger partial charge in [0.25, 0.3) is 5.56 Å². The number of anilines is 2. The van der Waals surface area contributed by atoms with Gasteiger partial charge in [-0.05, 0) is 0 Å². The minimum absolute atomic E-state index is 0.0897. The van der Waals surface area contributed by atoms with Gasteiger partial charge in [-0.15, -0.1) is 0 Å². The molecule has 46 heavy (non-hydrogen) atoms.